The lowest BCUT2D eigenvalue weighted by atomic mass is 10.2. The van der Waals surface area contributed by atoms with Crippen LogP contribution in [0.1, 0.15) is 42.1 Å². The number of halogens is 8. The van der Waals surface area contributed by atoms with Crippen LogP contribution in [0.3, 0.4) is 0 Å². The lowest BCUT2D eigenvalue weighted by Gasteiger charge is -2.08. The highest BCUT2D eigenvalue weighted by molar-refractivity contribution is 9.10. The molecule has 1 aromatic carbocycles. The topological polar surface area (TPSA) is 64.7 Å². The predicted molar refractivity (Wildman–Crippen MR) is 108 cm³/mol. The fourth-order valence-electron chi connectivity index (χ4n) is 3.41. The summed E-state index contributed by atoms with van der Waals surface area (Å²) >= 11 is 2.98. The first-order valence-corrected chi connectivity index (χ1v) is 10.7. The van der Waals surface area contributed by atoms with Gasteiger partial charge >= 0.3 is 6.18 Å². The molecule has 14 heteroatoms. The van der Waals surface area contributed by atoms with Crippen LogP contribution >= 0.6 is 15.9 Å². The maximum absolute atomic E-state index is 13.8. The van der Waals surface area contributed by atoms with E-state index in [0.717, 1.165) is 23.7 Å². The first-order valence-electron chi connectivity index (χ1n) is 9.93. The number of hydrogen-bond acceptors (Lipinski definition) is 3. The number of nitrogens with one attached hydrogen (secondary N) is 1. The highest BCUT2D eigenvalue weighted by Gasteiger charge is 2.41. The van der Waals surface area contributed by atoms with Crippen molar-refractivity contribution in [1.29, 1.82) is 0 Å². The van der Waals surface area contributed by atoms with Crippen molar-refractivity contribution in [2.75, 3.05) is 5.32 Å². The van der Waals surface area contributed by atoms with E-state index in [1.165, 1.54) is 10.9 Å². The number of alkyl halides is 3. The molecular weight excluding hydrogens is 539 g/mol. The van der Waals surface area contributed by atoms with Gasteiger partial charge in [-0.1, -0.05) is 0 Å². The zero-order chi connectivity index (χ0) is 24.8. The third kappa shape index (κ3) is 4.95. The molecule has 1 amide bonds. The number of nitrogens with zero attached hydrogens (tertiary/aromatic N) is 4. The Kier molecular flexibility index (Phi) is 6.44. The van der Waals surface area contributed by atoms with Gasteiger partial charge in [-0.05, 0) is 28.8 Å². The standard InChI is InChI=1S/C20H15BrF7N5O/c21-15-18(9-1-2-9)33(31-19(15)20(26,27)28)4-3-14(34)30-10-6-29-32(7-10)8-11-12(22)5-13(23)17(25)16(11)24/h5-7,9H,1-4,8H2,(H,30,34). The largest absolute Gasteiger partial charge is 0.436 e. The summed E-state index contributed by atoms with van der Waals surface area (Å²) in [7, 11) is 0. The average Bonchev–Trinajstić information content (AvgIpc) is 3.39. The number of rotatable bonds is 7. The van der Waals surface area contributed by atoms with Crippen molar-refractivity contribution in [3.05, 3.63) is 63.2 Å². The summed E-state index contributed by atoms with van der Waals surface area (Å²) in [6, 6.07) is 0.216. The van der Waals surface area contributed by atoms with E-state index < -0.39 is 53.2 Å². The molecule has 0 bridgehead atoms. The van der Waals surface area contributed by atoms with Gasteiger partial charge in [-0.2, -0.15) is 23.4 Å². The van der Waals surface area contributed by atoms with Crippen molar-refractivity contribution in [2.45, 2.75) is 44.4 Å². The zero-order valence-electron chi connectivity index (χ0n) is 17.1. The fraction of sp³-hybridized carbons (Fsp3) is 0.350. The Morgan fingerprint density at radius 1 is 1.15 bits per heavy atom. The molecule has 0 atom stereocenters. The minimum atomic E-state index is -4.64. The van der Waals surface area contributed by atoms with Crippen LogP contribution in [0.4, 0.5) is 36.4 Å². The van der Waals surface area contributed by atoms with Gasteiger partial charge in [0.15, 0.2) is 23.1 Å². The third-order valence-electron chi connectivity index (χ3n) is 5.16. The molecular formula is C20H15BrF7N5O. The van der Waals surface area contributed by atoms with E-state index in [1.54, 1.807) is 0 Å². The molecule has 0 radical (unpaired) electrons. The van der Waals surface area contributed by atoms with Crippen LogP contribution in [0.5, 0.6) is 0 Å². The van der Waals surface area contributed by atoms with Crippen LogP contribution in [0.2, 0.25) is 0 Å². The van der Waals surface area contributed by atoms with E-state index in [2.05, 4.69) is 31.4 Å². The van der Waals surface area contributed by atoms with E-state index >= 15 is 0 Å². The van der Waals surface area contributed by atoms with Gasteiger partial charge in [0.1, 0.15) is 5.82 Å². The van der Waals surface area contributed by atoms with Crippen molar-refractivity contribution in [1.82, 2.24) is 19.6 Å². The highest BCUT2D eigenvalue weighted by atomic mass is 79.9. The van der Waals surface area contributed by atoms with Crippen LogP contribution in [-0.2, 0) is 24.1 Å². The molecule has 0 aliphatic heterocycles. The van der Waals surface area contributed by atoms with Crippen molar-refractivity contribution in [3.8, 4) is 0 Å². The average molecular weight is 554 g/mol. The number of benzene rings is 1. The van der Waals surface area contributed by atoms with Gasteiger partial charge in [0.25, 0.3) is 0 Å². The smallest absolute Gasteiger partial charge is 0.323 e. The van der Waals surface area contributed by atoms with Crippen LogP contribution in [0.25, 0.3) is 0 Å². The monoisotopic (exact) mass is 553 g/mol. The molecule has 1 N–H and O–H groups in total. The predicted octanol–water partition coefficient (Wildman–Crippen LogP) is 5.37. The summed E-state index contributed by atoms with van der Waals surface area (Å²) in [6.07, 6.45) is -1.02. The Morgan fingerprint density at radius 2 is 1.85 bits per heavy atom. The summed E-state index contributed by atoms with van der Waals surface area (Å²) in [5, 5.41) is 9.90. The lowest BCUT2D eigenvalue weighted by Crippen LogP contribution is -2.16. The molecule has 1 fully saturated rings. The molecule has 3 aromatic rings. The lowest BCUT2D eigenvalue weighted by molar-refractivity contribution is -0.142. The van der Waals surface area contributed by atoms with E-state index in [1.807, 2.05) is 0 Å². The van der Waals surface area contributed by atoms with Gasteiger partial charge < -0.3 is 5.32 Å². The van der Waals surface area contributed by atoms with Gasteiger partial charge in [0.05, 0.1) is 35.1 Å². The molecule has 2 heterocycles. The maximum Gasteiger partial charge on any atom is 0.436 e. The van der Waals surface area contributed by atoms with Crippen molar-refractivity contribution >= 4 is 27.5 Å². The van der Waals surface area contributed by atoms with E-state index in [4.69, 9.17) is 0 Å². The highest BCUT2D eigenvalue weighted by Crippen LogP contribution is 2.47. The molecule has 0 spiro atoms. The minimum Gasteiger partial charge on any atom is -0.323 e. The van der Waals surface area contributed by atoms with Crippen LogP contribution in [0, 0.1) is 23.3 Å². The summed E-state index contributed by atoms with van der Waals surface area (Å²) < 4.78 is 95.7. The Bertz CT molecular complexity index is 1250. The second-order valence-electron chi connectivity index (χ2n) is 7.71. The van der Waals surface area contributed by atoms with Gasteiger partial charge in [0.2, 0.25) is 5.91 Å². The van der Waals surface area contributed by atoms with Gasteiger partial charge in [-0.25, -0.2) is 17.6 Å². The number of aromatic nitrogens is 4. The first-order chi connectivity index (χ1) is 16.0. The molecule has 1 aliphatic rings. The second-order valence-corrected chi connectivity index (χ2v) is 8.51. The van der Waals surface area contributed by atoms with E-state index in [-0.39, 0.29) is 35.1 Å². The summed E-state index contributed by atoms with van der Waals surface area (Å²) in [5.41, 5.74) is -1.28. The Balaban J connectivity index is 1.41. The molecule has 182 valence electrons. The van der Waals surface area contributed by atoms with Gasteiger partial charge in [0, 0.05) is 30.2 Å². The molecule has 1 aliphatic carbocycles. The Hall–Kier alpha value is -2.90. The number of amides is 1. The van der Waals surface area contributed by atoms with E-state index in [0.29, 0.717) is 5.69 Å². The number of hydrogen-bond donors (Lipinski definition) is 1. The van der Waals surface area contributed by atoms with Crippen LogP contribution in [0.15, 0.2) is 22.9 Å². The quantitative estimate of drug-likeness (QED) is 0.243. The van der Waals surface area contributed by atoms with Crippen LogP contribution < -0.4 is 5.32 Å². The number of anilines is 1. The Morgan fingerprint density at radius 3 is 2.50 bits per heavy atom. The number of aryl methyl sites for hydroxylation is 1. The third-order valence-corrected chi connectivity index (χ3v) is 5.94. The fourth-order valence-corrected chi connectivity index (χ4v) is 4.24. The normalized spacial score (nSPS) is 14.0. The molecule has 2 aromatic heterocycles. The number of carbonyl (C=O) groups excluding carboxylic acids is 1. The van der Waals surface area contributed by atoms with Crippen molar-refractivity contribution < 1.29 is 35.5 Å². The van der Waals surface area contributed by atoms with Gasteiger partial charge in [-0.15, -0.1) is 0 Å². The first kappa shape index (κ1) is 24.2. The maximum atomic E-state index is 13.8. The molecule has 0 unspecified atom stereocenters. The summed E-state index contributed by atoms with van der Waals surface area (Å²) in [4.78, 5) is 12.3. The second kappa shape index (κ2) is 9.04. The van der Waals surface area contributed by atoms with Crippen molar-refractivity contribution in [2.24, 2.45) is 0 Å². The Labute approximate surface area is 195 Å². The van der Waals surface area contributed by atoms with Gasteiger partial charge in [-0.3, -0.25) is 14.2 Å². The summed E-state index contributed by atoms with van der Waals surface area (Å²) in [5.74, 6) is -7.09. The minimum absolute atomic E-state index is 0.0589. The summed E-state index contributed by atoms with van der Waals surface area (Å²) in [6.45, 7) is -0.678. The molecule has 4 rings (SSSR count). The van der Waals surface area contributed by atoms with E-state index in [9.17, 15) is 35.5 Å². The molecule has 34 heavy (non-hydrogen) atoms. The SMILES string of the molecule is O=C(CCn1nc(C(F)(F)F)c(Br)c1C1CC1)Nc1cnn(Cc2c(F)cc(F)c(F)c2F)c1. The van der Waals surface area contributed by atoms with Crippen LogP contribution in [-0.4, -0.2) is 25.5 Å². The molecule has 0 saturated heterocycles. The number of carbonyl (C=O) groups is 1. The molecule has 6 nitrogen and oxygen atoms in total. The zero-order valence-corrected chi connectivity index (χ0v) is 18.7. The molecule has 1 saturated carbocycles. The van der Waals surface area contributed by atoms with Crippen molar-refractivity contribution in [3.63, 3.8) is 0 Å².